The van der Waals surface area contributed by atoms with Crippen molar-refractivity contribution in [3.05, 3.63) is 58.7 Å². The summed E-state index contributed by atoms with van der Waals surface area (Å²) in [6, 6.07) is 12.4. The minimum atomic E-state index is 0.293. The highest BCUT2D eigenvalue weighted by Crippen LogP contribution is 2.34. The van der Waals surface area contributed by atoms with Crippen LogP contribution in [0.1, 0.15) is 48.9 Å². The number of nitrogens with two attached hydrogens (primary N) is 2. The minimum Gasteiger partial charge on any atom is -0.399 e. The predicted octanol–water partition coefficient (Wildman–Crippen LogP) is 4.13. The van der Waals surface area contributed by atoms with E-state index in [2.05, 4.69) is 39.0 Å². The molecular formula is C18H24N2. The minimum absolute atomic E-state index is 0.293. The third-order valence-electron chi connectivity index (χ3n) is 4.06. The molecule has 0 radical (unpaired) electrons. The molecule has 2 nitrogen and oxygen atoms in total. The van der Waals surface area contributed by atoms with Crippen molar-refractivity contribution in [2.75, 3.05) is 11.5 Å². The summed E-state index contributed by atoms with van der Waals surface area (Å²) < 4.78 is 0. The van der Waals surface area contributed by atoms with Crippen LogP contribution in [-0.2, 0) is 12.8 Å². The summed E-state index contributed by atoms with van der Waals surface area (Å²) in [5.41, 5.74) is 19.1. The molecule has 2 aromatic rings. The molecule has 0 aromatic heterocycles. The summed E-state index contributed by atoms with van der Waals surface area (Å²) in [5.74, 6) is 0.293. The van der Waals surface area contributed by atoms with Gasteiger partial charge in [-0.05, 0) is 53.3 Å². The van der Waals surface area contributed by atoms with Crippen LogP contribution in [0.2, 0.25) is 0 Å². The molecule has 1 unspecified atom stereocenters. The fourth-order valence-electron chi connectivity index (χ4n) is 2.98. The number of aryl methyl sites for hydroxylation is 2. The van der Waals surface area contributed by atoms with E-state index >= 15 is 0 Å². The molecular weight excluding hydrogens is 244 g/mol. The second-order valence-corrected chi connectivity index (χ2v) is 5.31. The van der Waals surface area contributed by atoms with E-state index in [4.69, 9.17) is 11.5 Å². The molecule has 1 atom stereocenters. The molecule has 0 aliphatic heterocycles. The Morgan fingerprint density at radius 2 is 1.65 bits per heavy atom. The van der Waals surface area contributed by atoms with E-state index in [1.54, 1.807) is 0 Å². The molecule has 0 aliphatic rings. The van der Waals surface area contributed by atoms with Gasteiger partial charge in [-0.3, -0.25) is 0 Å². The molecule has 20 heavy (non-hydrogen) atoms. The second-order valence-electron chi connectivity index (χ2n) is 5.31. The standard InChI is InChI=1S/C18H24N2/c1-4-13-7-6-8-17(20)18(13)12(3)16-10-9-15(19)11-14(16)5-2/h6-12H,4-5,19-20H2,1-3H3. The lowest BCUT2D eigenvalue weighted by molar-refractivity contribution is 0.874. The van der Waals surface area contributed by atoms with Gasteiger partial charge in [-0.25, -0.2) is 0 Å². The van der Waals surface area contributed by atoms with Gasteiger partial charge in [-0.2, -0.15) is 0 Å². The topological polar surface area (TPSA) is 52.0 Å². The van der Waals surface area contributed by atoms with Gasteiger partial charge in [-0.1, -0.05) is 39.0 Å². The van der Waals surface area contributed by atoms with Crippen LogP contribution < -0.4 is 11.5 Å². The first-order valence-corrected chi connectivity index (χ1v) is 7.34. The van der Waals surface area contributed by atoms with Gasteiger partial charge >= 0.3 is 0 Å². The van der Waals surface area contributed by atoms with Crippen molar-refractivity contribution < 1.29 is 0 Å². The molecule has 2 rings (SSSR count). The molecule has 4 N–H and O–H groups in total. The number of rotatable bonds is 4. The first kappa shape index (κ1) is 14.4. The molecule has 0 fully saturated rings. The Kier molecular flexibility index (Phi) is 4.33. The molecule has 106 valence electrons. The van der Waals surface area contributed by atoms with E-state index in [0.717, 1.165) is 24.2 Å². The highest BCUT2D eigenvalue weighted by Gasteiger charge is 2.17. The van der Waals surface area contributed by atoms with Crippen LogP contribution in [0.15, 0.2) is 36.4 Å². The van der Waals surface area contributed by atoms with E-state index in [1.807, 2.05) is 18.2 Å². The lowest BCUT2D eigenvalue weighted by Gasteiger charge is -2.21. The summed E-state index contributed by atoms with van der Waals surface area (Å²) in [4.78, 5) is 0. The van der Waals surface area contributed by atoms with E-state index < -0.39 is 0 Å². The molecule has 0 spiro atoms. The zero-order valence-corrected chi connectivity index (χ0v) is 12.6. The Hall–Kier alpha value is -1.96. The molecule has 2 aromatic carbocycles. The molecule has 2 heteroatoms. The Bertz CT molecular complexity index is 602. The van der Waals surface area contributed by atoms with Crippen molar-refractivity contribution >= 4 is 11.4 Å². The van der Waals surface area contributed by atoms with Gasteiger partial charge in [-0.15, -0.1) is 0 Å². The van der Waals surface area contributed by atoms with Crippen LogP contribution in [0.3, 0.4) is 0 Å². The number of nitrogen functional groups attached to an aromatic ring is 2. The van der Waals surface area contributed by atoms with Crippen molar-refractivity contribution in [3.63, 3.8) is 0 Å². The first-order valence-electron chi connectivity index (χ1n) is 7.34. The Balaban J connectivity index is 2.54. The van der Waals surface area contributed by atoms with Crippen LogP contribution in [0.4, 0.5) is 11.4 Å². The summed E-state index contributed by atoms with van der Waals surface area (Å²) in [5, 5.41) is 0. The van der Waals surface area contributed by atoms with Crippen molar-refractivity contribution in [3.8, 4) is 0 Å². The average molecular weight is 268 g/mol. The Morgan fingerprint density at radius 3 is 2.30 bits per heavy atom. The molecule has 0 heterocycles. The van der Waals surface area contributed by atoms with Crippen LogP contribution in [0.25, 0.3) is 0 Å². The fraction of sp³-hybridized carbons (Fsp3) is 0.333. The molecule has 0 amide bonds. The second kappa shape index (κ2) is 6.00. The summed E-state index contributed by atoms with van der Waals surface area (Å²) in [6.45, 7) is 6.57. The van der Waals surface area contributed by atoms with Crippen molar-refractivity contribution in [1.82, 2.24) is 0 Å². The summed E-state index contributed by atoms with van der Waals surface area (Å²) in [7, 11) is 0. The normalized spacial score (nSPS) is 12.3. The maximum atomic E-state index is 6.23. The zero-order chi connectivity index (χ0) is 14.7. The van der Waals surface area contributed by atoms with E-state index in [0.29, 0.717) is 5.92 Å². The Morgan fingerprint density at radius 1 is 0.950 bits per heavy atom. The van der Waals surface area contributed by atoms with E-state index in [-0.39, 0.29) is 0 Å². The van der Waals surface area contributed by atoms with Crippen LogP contribution in [-0.4, -0.2) is 0 Å². The average Bonchev–Trinajstić information content (AvgIpc) is 2.46. The van der Waals surface area contributed by atoms with Gasteiger partial charge in [0.25, 0.3) is 0 Å². The molecule has 0 bridgehead atoms. The highest BCUT2D eigenvalue weighted by atomic mass is 14.6. The lowest BCUT2D eigenvalue weighted by Crippen LogP contribution is -2.07. The Labute approximate surface area is 121 Å². The predicted molar refractivity (Wildman–Crippen MR) is 88.0 cm³/mol. The number of anilines is 2. The smallest absolute Gasteiger partial charge is 0.0355 e. The first-order chi connectivity index (χ1) is 9.58. The van der Waals surface area contributed by atoms with Gasteiger partial charge < -0.3 is 11.5 Å². The molecule has 0 saturated carbocycles. The van der Waals surface area contributed by atoms with Gasteiger partial charge in [0.2, 0.25) is 0 Å². The fourth-order valence-corrected chi connectivity index (χ4v) is 2.98. The van der Waals surface area contributed by atoms with Crippen LogP contribution >= 0.6 is 0 Å². The largest absolute Gasteiger partial charge is 0.399 e. The van der Waals surface area contributed by atoms with Gasteiger partial charge in [0, 0.05) is 17.3 Å². The van der Waals surface area contributed by atoms with Gasteiger partial charge in [0.05, 0.1) is 0 Å². The maximum Gasteiger partial charge on any atom is 0.0355 e. The highest BCUT2D eigenvalue weighted by molar-refractivity contribution is 5.57. The lowest BCUT2D eigenvalue weighted by atomic mass is 9.84. The van der Waals surface area contributed by atoms with Gasteiger partial charge in [0.1, 0.15) is 0 Å². The zero-order valence-electron chi connectivity index (χ0n) is 12.6. The van der Waals surface area contributed by atoms with E-state index in [1.165, 1.54) is 22.3 Å². The monoisotopic (exact) mass is 268 g/mol. The molecule has 0 saturated heterocycles. The van der Waals surface area contributed by atoms with E-state index in [9.17, 15) is 0 Å². The van der Waals surface area contributed by atoms with Crippen molar-refractivity contribution in [2.45, 2.75) is 39.5 Å². The summed E-state index contributed by atoms with van der Waals surface area (Å²) >= 11 is 0. The summed E-state index contributed by atoms with van der Waals surface area (Å²) in [6.07, 6.45) is 1.99. The number of benzene rings is 2. The van der Waals surface area contributed by atoms with Crippen molar-refractivity contribution in [2.24, 2.45) is 0 Å². The van der Waals surface area contributed by atoms with Gasteiger partial charge in [0.15, 0.2) is 0 Å². The number of hydrogen-bond donors (Lipinski definition) is 2. The van der Waals surface area contributed by atoms with Crippen LogP contribution in [0, 0.1) is 0 Å². The third kappa shape index (κ3) is 2.64. The SMILES string of the molecule is CCc1cc(N)ccc1C(C)c1c(N)cccc1CC. The number of hydrogen-bond acceptors (Lipinski definition) is 2. The quantitative estimate of drug-likeness (QED) is 0.819. The molecule has 0 aliphatic carbocycles. The van der Waals surface area contributed by atoms with Crippen LogP contribution in [0.5, 0.6) is 0 Å². The maximum absolute atomic E-state index is 6.23. The van der Waals surface area contributed by atoms with Crippen molar-refractivity contribution in [1.29, 1.82) is 0 Å². The third-order valence-corrected chi connectivity index (χ3v) is 4.06.